The Hall–Kier alpha value is -3.65. The van der Waals surface area contributed by atoms with Gasteiger partial charge in [0.25, 0.3) is 0 Å². The van der Waals surface area contributed by atoms with E-state index >= 15 is 0 Å². The molecular formula is C24H25NO7. The maximum absolute atomic E-state index is 12.7. The van der Waals surface area contributed by atoms with E-state index in [2.05, 4.69) is 5.32 Å². The predicted molar refractivity (Wildman–Crippen MR) is 118 cm³/mol. The van der Waals surface area contributed by atoms with Gasteiger partial charge in [-0.1, -0.05) is 37.3 Å². The molecule has 0 saturated carbocycles. The minimum absolute atomic E-state index is 0.210. The molecule has 1 aromatic heterocycles. The monoisotopic (exact) mass is 439 g/mol. The number of rotatable bonds is 7. The van der Waals surface area contributed by atoms with E-state index in [1.165, 1.54) is 19.1 Å². The van der Waals surface area contributed by atoms with Crippen LogP contribution < -0.4 is 10.9 Å². The van der Waals surface area contributed by atoms with Gasteiger partial charge in [-0.25, -0.2) is 14.4 Å². The predicted octanol–water partition coefficient (Wildman–Crippen LogP) is 3.96. The molecule has 0 aliphatic carbocycles. The van der Waals surface area contributed by atoms with Gasteiger partial charge in [-0.2, -0.15) is 0 Å². The summed E-state index contributed by atoms with van der Waals surface area (Å²) in [4.78, 5) is 36.3. The van der Waals surface area contributed by atoms with Crippen molar-refractivity contribution >= 4 is 28.7 Å². The molecule has 8 heteroatoms. The molecule has 2 aromatic carbocycles. The lowest BCUT2D eigenvalue weighted by Crippen LogP contribution is -2.41. The van der Waals surface area contributed by atoms with Gasteiger partial charge in [-0.05, 0) is 31.5 Å². The first-order valence-corrected chi connectivity index (χ1v) is 10.2. The number of benzene rings is 2. The molecule has 1 amide bonds. The summed E-state index contributed by atoms with van der Waals surface area (Å²) >= 11 is 0. The quantitative estimate of drug-likeness (QED) is 0.423. The van der Waals surface area contributed by atoms with Gasteiger partial charge in [0, 0.05) is 34.7 Å². The van der Waals surface area contributed by atoms with E-state index < -0.39 is 29.2 Å². The van der Waals surface area contributed by atoms with Gasteiger partial charge >= 0.3 is 17.7 Å². The van der Waals surface area contributed by atoms with Crippen LogP contribution in [0, 0.1) is 0 Å². The Morgan fingerprint density at radius 1 is 1.12 bits per heavy atom. The molecule has 0 fully saturated rings. The summed E-state index contributed by atoms with van der Waals surface area (Å²) in [6, 6.07) is 15.1. The number of carbonyl (C=O) groups excluding carboxylic acids is 2. The fraction of sp³-hybridized carbons (Fsp3) is 0.292. The summed E-state index contributed by atoms with van der Waals surface area (Å²) in [5, 5.41) is 13.9. The van der Waals surface area contributed by atoms with Crippen LogP contribution in [0.5, 0.6) is 0 Å². The first-order valence-electron chi connectivity index (χ1n) is 10.2. The SMILES string of the molecule is CCOC(=O)Nc1ccc2c(COC(=O)[C@](C)(O)[C@H](C)c3ccccc3)cc(=O)oc2c1. The van der Waals surface area contributed by atoms with Crippen molar-refractivity contribution in [2.24, 2.45) is 0 Å². The molecule has 2 N–H and O–H groups in total. The maximum Gasteiger partial charge on any atom is 0.411 e. The summed E-state index contributed by atoms with van der Waals surface area (Å²) in [7, 11) is 0. The third-order valence-electron chi connectivity index (χ3n) is 5.27. The van der Waals surface area contributed by atoms with Crippen LogP contribution in [0.25, 0.3) is 11.0 Å². The lowest BCUT2D eigenvalue weighted by molar-refractivity contribution is -0.167. The zero-order valence-electron chi connectivity index (χ0n) is 18.1. The molecule has 3 aromatic rings. The third kappa shape index (κ3) is 5.15. The molecule has 0 aliphatic heterocycles. The van der Waals surface area contributed by atoms with Gasteiger partial charge < -0.3 is 19.0 Å². The van der Waals surface area contributed by atoms with Gasteiger partial charge in [-0.3, -0.25) is 5.32 Å². The Balaban J connectivity index is 1.78. The minimum Gasteiger partial charge on any atom is -0.459 e. The van der Waals surface area contributed by atoms with Crippen LogP contribution in [0.1, 0.15) is 37.8 Å². The van der Waals surface area contributed by atoms with Crippen molar-refractivity contribution in [3.05, 3.63) is 76.1 Å². The minimum atomic E-state index is -1.77. The fourth-order valence-corrected chi connectivity index (χ4v) is 3.24. The second kappa shape index (κ2) is 9.65. The number of anilines is 1. The first-order chi connectivity index (χ1) is 15.2. The highest BCUT2D eigenvalue weighted by Crippen LogP contribution is 2.29. The summed E-state index contributed by atoms with van der Waals surface area (Å²) in [5.74, 6) is -1.32. The maximum atomic E-state index is 12.7. The number of carbonyl (C=O) groups is 2. The van der Waals surface area contributed by atoms with Crippen LogP contribution in [-0.4, -0.2) is 29.4 Å². The van der Waals surface area contributed by atoms with E-state index in [0.717, 1.165) is 5.56 Å². The molecule has 0 radical (unpaired) electrons. The molecule has 0 bridgehead atoms. The Kier molecular flexibility index (Phi) is 6.95. The van der Waals surface area contributed by atoms with Gasteiger partial charge in [0.05, 0.1) is 6.61 Å². The Labute approximate surface area is 184 Å². The number of hydrogen-bond donors (Lipinski definition) is 2. The molecule has 0 aliphatic rings. The molecule has 0 spiro atoms. The van der Waals surface area contributed by atoms with Crippen LogP contribution in [0.3, 0.4) is 0 Å². The fourth-order valence-electron chi connectivity index (χ4n) is 3.24. The second-order valence-electron chi connectivity index (χ2n) is 7.50. The number of ether oxygens (including phenoxy) is 2. The van der Waals surface area contributed by atoms with E-state index in [0.29, 0.717) is 16.6 Å². The Morgan fingerprint density at radius 2 is 1.84 bits per heavy atom. The zero-order chi connectivity index (χ0) is 23.3. The summed E-state index contributed by atoms with van der Waals surface area (Å²) in [6.07, 6.45) is -0.631. The first kappa shape index (κ1) is 23.0. The van der Waals surface area contributed by atoms with E-state index in [9.17, 15) is 19.5 Å². The van der Waals surface area contributed by atoms with Gasteiger partial charge in [-0.15, -0.1) is 0 Å². The zero-order valence-corrected chi connectivity index (χ0v) is 18.1. The normalized spacial score (nSPS) is 13.8. The topological polar surface area (TPSA) is 115 Å². The van der Waals surface area contributed by atoms with Crippen molar-refractivity contribution in [2.45, 2.75) is 38.9 Å². The summed E-state index contributed by atoms with van der Waals surface area (Å²) in [6.45, 7) is 4.81. The lowest BCUT2D eigenvalue weighted by Gasteiger charge is -2.28. The molecule has 2 atom stereocenters. The average Bonchev–Trinajstić information content (AvgIpc) is 2.77. The van der Waals surface area contributed by atoms with Crippen molar-refractivity contribution in [2.75, 3.05) is 11.9 Å². The van der Waals surface area contributed by atoms with Crippen LogP contribution in [0.15, 0.2) is 63.8 Å². The van der Waals surface area contributed by atoms with E-state index in [-0.39, 0.29) is 18.8 Å². The number of hydrogen-bond acceptors (Lipinski definition) is 7. The highest BCUT2D eigenvalue weighted by molar-refractivity contribution is 5.90. The number of fused-ring (bicyclic) bond motifs is 1. The van der Waals surface area contributed by atoms with Gasteiger partial charge in [0.15, 0.2) is 5.60 Å². The van der Waals surface area contributed by atoms with Gasteiger partial charge in [0.1, 0.15) is 12.2 Å². The molecule has 0 saturated heterocycles. The molecular weight excluding hydrogens is 414 g/mol. The van der Waals surface area contributed by atoms with E-state index in [1.54, 1.807) is 26.0 Å². The summed E-state index contributed by atoms with van der Waals surface area (Å²) < 4.78 is 15.4. The van der Waals surface area contributed by atoms with Crippen LogP contribution >= 0.6 is 0 Å². The summed E-state index contributed by atoms with van der Waals surface area (Å²) in [5.41, 5.74) is -0.610. The van der Waals surface area contributed by atoms with Crippen molar-refractivity contribution < 1.29 is 28.6 Å². The smallest absolute Gasteiger partial charge is 0.411 e. The second-order valence-corrected chi connectivity index (χ2v) is 7.50. The van der Waals surface area contributed by atoms with Crippen molar-refractivity contribution in [1.29, 1.82) is 0 Å². The largest absolute Gasteiger partial charge is 0.459 e. The number of esters is 1. The molecule has 0 unspecified atom stereocenters. The van der Waals surface area contributed by atoms with Crippen LogP contribution in [-0.2, 0) is 20.9 Å². The van der Waals surface area contributed by atoms with Crippen molar-refractivity contribution in [1.82, 2.24) is 0 Å². The lowest BCUT2D eigenvalue weighted by atomic mass is 9.85. The Morgan fingerprint density at radius 3 is 2.53 bits per heavy atom. The number of amides is 1. The third-order valence-corrected chi connectivity index (χ3v) is 5.27. The van der Waals surface area contributed by atoms with Gasteiger partial charge in [0.2, 0.25) is 0 Å². The molecule has 3 rings (SSSR count). The molecule has 32 heavy (non-hydrogen) atoms. The highest BCUT2D eigenvalue weighted by atomic mass is 16.6. The van der Waals surface area contributed by atoms with E-state index in [1.807, 2.05) is 30.3 Å². The number of nitrogens with one attached hydrogen (secondary N) is 1. The standard InChI is InChI=1S/C24H25NO7/c1-4-30-23(28)25-18-10-11-19-17(12-21(26)32-20(19)13-18)14-31-22(27)24(3,29)15(2)16-8-6-5-7-9-16/h5-13,15,29H,4,14H2,1-3H3,(H,25,28)/t15-,24-/m1/s1. The van der Waals surface area contributed by atoms with Crippen molar-refractivity contribution in [3.8, 4) is 0 Å². The average molecular weight is 439 g/mol. The molecule has 8 nitrogen and oxygen atoms in total. The van der Waals surface area contributed by atoms with E-state index in [4.69, 9.17) is 13.9 Å². The molecule has 1 heterocycles. The Bertz CT molecular complexity index is 1170. The van der Waals surface area contributed by atoms with Crippen LogP contribution in [0.2, 0.25) is 0 Å². The highest BCUT2D eigenvalue weighted by Gasteiger charge is 2.39. The number of aliphatic hydroxyl groups is 1. The van der Waals surface area contributed by atoms with Crippen molar-refractivity contribution in [3.63, 3.8) is 0 Å². The molecule has 168 valence electrons. The van der Waals surface area contributed by atoms with Crippen LogP contribution in [0.4, 0.5) is 10.5 Å².